The van der Waals surface area contributed by atoms with E-state index < -0.39 is 0 Å². The second kappa shape index (κ2) is 6.40. The fourth-order valence-electron chi connectivity index (χ4n) is 2.64. The standard InChI is InChI=1S/C17H22N2O3/c1-3-22-16-6-4-5-14-13(16)11-15(19(14)9-10-21-2)17(20)18-12-7-8-12/h4-6,11-12H,3,7-10H2,1-2H3,(H,18,20). The summed E-state index contributed by atoms with van der Waals surface area (Å²) in [4.78, 5) is 12.5. The molecule has 0 aliphatic heterocycles. The Morgan fingerprint density at radius 2 is 2.23 bits per heavy atom. The number of nitrogens with zero attached hydrogens (tertiary/aromatic N) is 1. The van der Waals surface area contributed by atoms with Crippen LogP contribution in [0, 0.1) is 0 Å². The van der Waals surface area contributed by atoms with E-state index in [1.807, 2.05) is 35.8 Å². The van der Waals surface area contributed by atoms with E-state index in [-0.39, 0.29) is 5.91 Å². The summed E-state index contributed by atoms with van der Waals surface area (Å²) in [6.07, 6.45) is 2.16. The van der Waals surface area contributed by atoms with E-state index in [2.05, 4.69) is 5.32 Å². The summed E-state index contributed by atoms with van der Waals surface area (Å²) < 4.78 is 12.9. The minimum Gasteiger partial charge on any atom is -0.493 e. The molecule has 0 atom stereocenters. The number of nitrogens with one attached hydrogen (secondary N) is 1. The van der Waals surface area contributed by atoms with Crippen LogP contribution in [0.2, 0.25) is 0 Å². The Labute approximate surface area is 130 Å². The molecule has 0 saturated heterocycles. The zero-order chi connectivity index (χ0) is 15.5. The van der Waals surface area contributed by atoms with Crippen LogP contribution < -0.4 is 10.1 Å². The van der Waals surface area contributed by atoms with Crippen LogP contribution in [0.3, 0.4) is 0 Å². The molecule has 0 bridgehead atoms. The maximum Gasteiger partial charge on any atom is 0.268 e. The molecule has 1 aromatic carbocycles. The van der Waals surface area contributed by atoms with Crippen LogP contribution in [-0.2, 0) is 11.3 Å². The molecule has 1 amide bonds. The highest BCUT2D eigenvalue weighted by molar-refractivity contribution is 6.00. The fraction of sp³-hybridized carbons (Fsp3) is 0.471. The Kier molecular flexibility index (Phi) is 4.34. The van der Waals surface area contributed by atoms with Crippen LogP contribution in [0.4, 0.5) is 0 Å². The van der Waals surface area contributed by atoms with E-state index >= 15 is 0 Å². The molecular formula is C17H22N2O3. The molecule has 2 aromatic rings. The van der Waals surface area contributed by atoms with E-state index in [4.69, 9.17) is 9.47 Å². The lowest BCUT2D eigenvalue weighted by Crippen LogP contribution is -2.28. The third-order valence-electron chi connectivity index (χ3n) is 3.87. The SMILES string of the molecule is CCOc1cccc2c1cc(C(=O)NC1CC1)n2CCOC. The van der Waals surface area contributed by atoms with Crippen molar-refractivity contribution in [3.05, 3.63) is 30.0 Å². The van der Waals surface area contributed by atoms with Gasteiger partial charge >= 0.3 is 0 Å². The van der Waals surface area contributed by atoms with Gasteiger partial charge in [0.1, 0.15) is 11.4 Å². The molecule has 118 valence electrons. The zero-order valence-electron chi connectivity index (χ0n) is 13.1. The van der Waals surface area contributed by atoms with Gasteiger partial charge in [-0.1, -0.05) is 6.07 Å². The number of hydrogen-bond donors (Lipinski definition) is 1. The Balaban J connectivity index is 2.03. The molecule has 22 heavy (non-hydrogen) atoms. The molecule has 0 spiro atoms. The van der Waals surface area contributed by atoms with Crippen LogP contribution >= 0.6 is 0 Å². The van der Waals surface area contributed by atoms with Crippen molar-refractivity contribution < 1.29 is 14.3 Å². The molecule has 5 heteroatoms. The van der Waals surface area contributed by atoms with Gasteiger partial charge in [0.05, 0.1) is 18.7 Å². The van der Waals surface area contributed by atoms with Crippen molar-refractivity contribution in [3.8, 4) is 5.75 Å². The number of carbonyl (C=O) groups excluding carboxylic acids is 1. The Morgan fingerprint density at radius 3 is 2.91 bits per heavy atom. The molecule has 0 unspecified atom stereocenters. The van der Waals surface area contributed by atoms with Gasteiger partial charge < -0.3 is 19.4 Å². The summed E-state index contributed by atoms with van der Waals surface area (Å²) in [6, 6.07) is 8.18. The predicted octanol–water partition coefficient (Wildman–Crippen LogP) is 2.58. The Hall–Kier alpha value is -2.01. The lowest BCUT2D eigenvalue weighted by atomic mass is 10.2. The number of aromatic nitrogens is 1. The number of benzene rings is 1. The number of rotatable bonds is 7. The van der Waals surface area contributed by atoms with E-state index in [9.17, 15) is 4.79 Å². The highest BCUT2D eigenvalue weighted by Crippen LogP contribution is 2.29. The van der Waals surface area contributed by atoms with Gasteiger partial charge in [-0.2, -0.15) is 0 Å². The zero-order valence-corrected chi connectivity index (χ0v) is 13.1. The van der Waals surface area contributed by atoms with Gasteiger partial charge in [-0.15, -0.1) is 0 Å². The second-order valence-electron chi connectivity index (χ2n) is 5.54. The lowest BCUT2D eigenvalue weighted by Gasteiger charge is -2.10. The van der Waals surface area contributed by atoms with E-state index in [0.717, 1.165) is 29.5 Å². The molecule has 1 aliphatic carbocycles. The smallest absolute Gasteiger partial charge is 0.268 e. The molecule has 1 fully saturated rings. The molecule has 3 rings (SSSR count). The fourth-order valence-corrected chi connectivity index (χ4v) is 2.64. The number of amides is 1. The first-order chi connectivity index (χ1) is 10.7. The monoisotopic (exact) mass is 302 g/mol. The van der Waals surface area contributed by atoms with Gasteiger partial charge in [0, 0.05) is 25.1 Å². The van der Waals surface area contributed by atoms with E-state index in [0.29, 0.717) is 31.5 Å². The van der Waals surface area contributed by atoms with Crippen molar-refractivity contribution in [2.24, 2.45) is 0 Å². The van der Waals surface area contributed by atoms with Crippen LogP contribution in [0.25, 0.3) is 10.9 Å². The van der Waals surface area contributed by atoms with Crippen molar-refractivity contribution in [1.82, 2.24) is 9.88 Å². The van der Waals surface area contributed by atoms with Crippen molar-refractivity contribution in [1.29, 1.82) is 0 Å². The number of fused-ring (bicyclic) bond motifs is 1. The van der Waals surface area contributed by atoms with Crippen molar-refractivity contribution in [2.45, 2.75) is 32.4 Å². The molecule has 1 aromatic heterocycles. The van der Waals surface area contributed by atoms with Gasteiger partial charge in [-0.05, 0) is 38.0 Å². The molecule has 0 radical (unpaired) electrons. The normalized spacial score (nSPS) is 14.3. The summed E-state index contributed by atoms with van der Waals surface area (Å²) in [5.41, 5.74) is 1.68. The van der Waals surface area contributed by atoms with Crippen LogP contribution in [-0.4, -0.2) is 36.8 Å². The molecular weight excluding hydrogens is 280 g/mol. The maximum atomic E-state index is 12.5. The Morgan fingerprint density at radius 1 is 1.41 bits per heavy atom. The molecule has 1 saturated carbocycles. The molecule has 1 N–H and O–H groups in total. The topological polar surface area (TPSA) is 52.5 Å². The predicted molar refractivity (Wildman–Crippen MR) is 85.5 cm³/mol. The average molecular weight is 302 g/mol. The van der Waals surface area contributed by atoms with E-state index in [1.165, 1.54) is 0 Å². The molecule has 1 heterocycles. The van der Waals surface area contributed by atoms with Gasteiger partial charge in [0.2, 0.25) is 0 Å². The van der Waals surface area contributed by atoms with Crippen LogP contribution in [0.15, 0.2) is 24.3 Å². The highest BCUT2D eigenvalue weighted by atomic mass is 16.5. The minimum absolute atomic E-state index is 0.0164. The van der Waals surface area contributed by atoms with Crippen molar-refractivity contribution in [2.75, 3.05) is 20.3 Å². The maximum absolute atomic E-state index is 12.5. The summed E-state index contributed by atoms with van der Waals surface area (Å²) in [6.45, 7) is 3.77. The summed E-state index contributed by atoms with van der Waals surface area (Å²) in [5, 5.41) is 4.03. The second-order valence-corrected chi connectivity index (χ2v) is 5.54. The first-order valence-electron chi connectivity index (χ1n) is 7.79. The van der Waals surface area contributed by atoms with Gasteiger partial charge in [0.15, 0.2) is 0 Å². The summed E-state index contributed by atoms with van der Waals surface area (Å²) in [7, 11) is 1.67. The lowest BCUT2D eigenvalue weighted by molar-refractivity contribution is 0.0939. The molecule has 5 nitrogen and oxygen atoms in total. The molecule has 1 aliphatic rings. The quantitative estimate of drug-likeness (QED) is 0.855. The number of ether oxygens (including phenoxy) is 2. The van der Waals surface area contributed by atoms with Crippen molar-refractivity contribution in [3.63, 3.8) is 0 Å². The number of carbonyl (C=O) groups is 1. The first kappa shape index (κ1) is 14.9. The van der Waals surface area contributed by atoms with Gasteiger partial charge in [0.25, 0.3) is 5.91 Å². The van der Waals surface area contributed by atoms with Gasteiger partial charge in [-0.3, -0.25) is 4.79 Å². The van der Waals surface area contributed by atoms with Crippen LogP contribution in [0.5, 0.6) is 5.75 Å². The number of methoxy groups -OCH3 is 1. The average Bonchev–Trinajstić information content (AvgIpc) is 3.24. The van der Waals surface area contributed by atoms with Crippen molar-refractivity contribution >= 4 is 16.8 Å². The summed E-state index contributed by atoms with van der Waals surface area (Å²) >= 11 is 0. The third-order valence-corrected chi connectivity index (χ3v) is 3.87. The highest BCUT2D eigenvalue weighted by Gasteiger charge is 2.26. The minimum atomic E-state index is -0.0164. The largest absolute Gasteiger partial charge is 0.493 e. The first-order valence-corrected chi connectivity index (χ1v) is 7.79. The third kappa shape index (κ3) is 2.95. The van der Waals surface area contributed by atoms with E-state index in [1.54, 1.807) is 7.11 Å². The van der Waals surface area contributed by atoms with Gasteiger partial charge in [-0.25, -0.2) is 0 Å². The summed E-state index contributed by atoms with van der Waals surface area (Å²) in [5.74, 6) is 0.800. The van der Waals surface area contributed by atoms with Crippen LogP contribution in [0.1, 0.15) is 30.3 Å². The number of hydrogen-bond acceptors (Lipinski definition) is 3. The Bertz CT molecular complexity index is 674.